The van der Waals surface area contributed by atoms with Crippen LogP contribution in [0.4, 0.5) is 10.1 Å². The van der Waals surface area contributed by atoms with Gasteiger partial charge in [-0.05, 0) is 6.07 Å². The minimum Gasteiger partial charge on any atom is -0.293 e. The first kappa shape index (κ1) is 12.3. The zero-order chi connectivity index (χ0) is 11.6. The molecule has 0 atom stereocenters. The second-order valence-electron chi connectivity index (χ2n) is 2.60. The number of hydrogen-bond donors (Lipinski definition) is 0. The molecule has 0 saturated heterocycles. The summed E-state index contributed by atoms with van der Waals surface area (Å²) >= 11 is 5.76. The zero-order valence-electron chi connectivity index (χ0n) is 7.17. The summed E-state index contributed by atoms with van der Waals surface area (Å²) in [4.78, 5) is 21.1. The highest BCUT2D eigenvalue weighted by Gasteiger charge is 2.24. The number of hydrogen-bond acceptors (Lipinski definition) is 3. The Kier molecular flexibility index (Phi) is 3.92. The number of rotatable bonds is 3. The average molecular weight is 341 g/mol. The Morgan fingerprint density at radius 3 is 2.60 bits per heavy atom. The Morgan fingerprint density at radius 2 is 2.13 bits per heavy atom. The summed E-state index contributed by atoms with van der Waals surface area (Å²) < 4.78 is 13.6. The lowest BCUT2D eigenvalue weighted by molar-refractivity contribution is -0.385. The van der Waals surface area contributed by atoms with E-state index >= 15 is 0 Å². The van der Waals surface area contributed by atoms with Gasteiger partial charge in [0.15, 0.2) is 5.78 Å². The Hall–Kier alpha value is -0.820. The quantitative estimate of drug-likeness (QED) is 0.367. The molecular weight excluding hydrogens is 337 g/mol. The van der Waals surface area contributed by atoms with Crippen molar-refractivity contribution >= 4 is 43.3 Å². The fourth-order valence-electron chi connectivity index (χ4n) is 1.05. The summed E-state index contributed by atoms with van der Waals surface area (Å²) in [6, 6.07) is 2.11. The van der Waals surface area contributed by atoms with Gasteiger partial charge in [-0.1, -0.05) is 31.9 Å². The maximum atomic E-state index is 13.3. The number of Topliss-reactive ketones (excluding diaryl/α,β-unsaturated/α-hetero) is 1. The standard InChI is InChI=1S/C8H4Br2FNO3/c9-3-7(13)8-5(11)1-4(10)2-6(8)12(14)15/h1-2H,3H2. The summed E-state index contributed by atoms with van der Waals surface area (Å²) in [5, 5.41) is 10.4. The minimum absolute atomic E-state index is 0.160. The third-order valence-corrected chi connectivity index (χ3v) is 2.60. The Bertz CT molecular complexity index is 436. The van der Waals surface area contributed by atoms with Gasteiger partial charge in [-0.2, -0.15) is 0 Å². The molecule has 0 aliphatic rings. The highest BCUT2D eigenvalue weighted by Crippen LogP contribution is 2.27. The van der Waals surface area contributed by atoms with Crippen molar-refractivity contribution < 1.29 is 14.1 Å². The van der Waals surface area contributed by atoms with Gasteiger partial charge in [0.2, 0.25) is 0 Å². The van der Waals surface area contributed by atoms with Gasteiger partial charge >= 0.3 is 0 Å². The van der Waals surface area contributed by atoms with Gasteiger partial charge in [0.05, 0.1) is 10.3 Å². The predicted molar refractivity (Wildman–Crippen MR) is 58.9 cm³/mol. The van der Waals surface area contributed by atoms with Crippen molar-refractivity contribution in [3.05, 3.63) is 38.1 Å². The van der Waals surface area contributed by atoms with Crippen molar-refractivity contribution in [2.45, 2.75) is 0 Å². The van der Waals surface area contributed by atoms with Crippen LogP contribution < -0.4 is 0 Å². The molecule has 0 fully saturated rings. The van der Waals surface area contributed by atoms with Gasteiger partial charge in [-0.3, -0.25) is 14.9 Å². The summed E-state index contributed by atoms with van der Waals surface area (Å²) in [5.74, 6) is -1.56. The second-order valence-corrected chi connectivity index (χ2v) is 4.07. The van der Waals surface area contributed by atoms with E-state index in [2.05, 4.69) is 31.9 Å². The van der Waals surface area contributed by atoms with E-state index in [0.717, 1.165) is 12.1 Å². The first-order chi connectivity index (χ1) is 6.97. The normalized spacial score (nSPS) is 10.1. The van der Waals surface area contributed by atoms with Crippen LogP contribution in [0.5, 0.6) is 0 Å². The van der Waals surface area contributed by atoms with Crippen LogP contribution in [-0.4, -0.2) is 16.0 Å². The van der Waals surface area contributed by atoms with Crippen molar-refractivity contribution in [3.8, 4) is 0 Å². The number of benzene rings is 1. The monoisotopic (exact) mass is 339 g/mol. The molecule has 0 unspecified atom stereocenters. The van der Waals surface area contributed by atoms with E-state index in [1.54, 1.807) is 0 Å². The fraction of sp³-hybridized carbons (Fsp3) is 0.125. The number of carbonyl (C=O) groups is 1. The molecule has 0 radical (unpaired) electrons. The molecule has 1 aromatic carbocycles. The van der Waals surface area contributed by atoms with Crippen molar-refractivity contribution in [2.75, 3.05) is 5.33 Å². The summed E-state index contributed by atoms with van der Waals surface area (Å²) in [6.45, 7) is 0. The van der Waals surface area contributed by atoms with Crippen LogP contribution in [0.15, 0.2) is 16.6 Å². The molecule has 0 amide bonds. The van der Waals surface area contributed by atoms with E-state index in [-0.39, 0.29) is 9.80 Å². The lowest BCUT2D eigenvalue weighted by Gasteiger charge is -2.02. The smallest absolute Gasteiger partial charge is 0.284 e. The maximum Gasteiger partial charge on any atom is 0.284 e. The van der Waals surface area contributed by atoms with E-state index in [1.807, 2.05) is 0 Å². The van der Waals surface area contributed by atoms with Crippen LogP contribution in [-0.2, 0) is 0 Å². The lowest BCUT2D eigenvalue weighted by atomic mass is 10.1. The molecule has 0 heterocycles. The van der Waals surface area contributed by atoms with Crippen molar-refractivity contribution in [1.82, 2.24) is 0 Å². The molecule has 1 rings (SSSR count). The number of alkyl halides is 1. The molecule has 15 heavy (non-hydrogen) atoms. The van der Waals surface area contributed by atoms with Crippen LogP contribution in [0, 0.1) is 15.9 Å². The highest BCUT2D eigenvalue weighted by atomic mass is 79.9. The molecule has 1 aromatic rings. The first-order valence-electron chi connectivity index (χ1n) is 3.70. The average Bonchev–Trinajstić information content (AvgIpc) is 2.15. The molecule has 0 aromatic heterocycles. The molecule has 80 valence electrons. The van der Waals surface area contributed by atoms with E-state index < -0.39 is 27.8 Å². The van der Waals surface area contributed by atoms with Crippen LogP contribution in [0.3, 0.4) is 0 Å². The molecule has 0 N–H and O–H groups in total. The van der Waals surface area contributed by atoms with E-state index in [4.69, 9.17) is 0 Å². The number of ketones is 1. The van der Waals surface area contributed by atoms with Gasteiger partial charge in [-0.15, -0.1) is 0 Å². The van der Waals surface area contributed by atoms with Gasteiger partial charge in [0, 0.05) is 10.5 Å². The minimum atomic E-state index is -0.902. The number of nitrogens with zero attached hydrogens (tertiary/aromatic N) is 1. The Labute approximate surface area is 101 Å². The van der Waals surface area contributed by atoms with Gasteiger partial charge < -0.3 is 0 Å². The second kappa shape index (κ2) is 4.80. The third kappa shape index (κ3) is 2.60. The van der Waals surface area contributed by atoms with Crippen LogP contribution in [0.1, 0.15) is 10.4 Å². The lowest BCUT2D eigenvalue weighted by Crippen LogP contribution is -2.08. The van der Waals surface area contributed by atoms with Crippen molar-refractivity contribution in [1.29, 1.82) is 0 Å². The molecule has 0 aliphatic heterocycles. The Balaban J connectivity index is 3.46. The molecular formula is C8H4Br2FNO3. The third-order valence-electron chi connectivity index (χ3n) is 1.63. The predicted octanol–water partition coefficient (Wildman–Crippen LogP) is 3.07. The number of halogens is 3. The molecule has 0 saturated carbocycles. The summed E-state index contributed by atoms with van der Waals surface area (Å²) in [5.41, 5.74) is -1.04. The SMILES string of the molecule is O=C(CBr)c1c(F)cc(Br)cc1[N+](=O)[O-]. The van der Waals surface area contributed by atoms with Crippen molar-refractivity contribution in [3.63, 3.8) is 0 Å². The largest absolute Gasteiger partial charge is 0.293 e. The van der Waals surface area contributed by atoms with Crippen LogP contribution in [0.2, 0.25) is 0 Å². The fourth-order valence-corrected chi connectivity index (χ4v) is 1.75. The van der Waals surface area contributed by atoms with Crippen LogP contribution >= 0.6 is 31.9 Å². The van der Waals surface area contributed by atoms with Gasteiger partial charge in [0.25, 0.3) is 5.69 Å². The first-order valence-corrected chi connectivity index (χ1v) is 5.61. The summed E-state index contributed by atoms with van der Waals surface area (Å²) in [7, 11) is 0. The molecule has 4 nitrogen and oxygen atoms in total. The molecule has 0 aliphatic carbocycles. The number of nitro benzene ring substituents is 1. The topological polar surface area (TPSA) is 60.2 Å². The summed E-state index contributed by atoms with van der Waals surface area (Å²) in [6.07, 6.45) is 0. The number of nitro groups is 1. The number of carbonyl (C=O) groups excluding carboxylic acids is 1. The highest BCUT2D eigenvalue weighted by molar-refractivity contribution is 9.10. The van der Waals surface area contributed by atoms with Crippen LogP contribution in [0.25, 0.3) is 0 Å². The maximum absolute atomic E-state index is 13.3. The van der Waals surface area contributed by atoms with E-state index in [9.17, 15) is 19.3 Å². The molecule has 7 heteroatoms. The molecule has 0 bridgehead atoms. The Morgan fingerprint density at radius 1 is 1.53 bits per heavy atom. The zero-order valence-corrected chi connectivity index (χ0v) is 10.3. The van der Waals surface area contributed by atoms with E-state index in [0.29, 0.717) is 0 Å². The van der Waals surface area contributed by atoms with Crippen molar-refractivity contribution in [2.24, 2.45) is 0 Å². The molecule has 0 spiro atoms. The van der Waals surface area contributed by atoms with Gasteiger partial charge in [-0.25, -0.2) is 4.39 Å². The van der Waals surface area contributed by atoms with E-state index in [1.165, 1.54) is 0 Å². The van der Waals surface area contributed by atoms with Gasteiger partial charge in [0.1, 0.15) is 11.4 Å².